The van der Waals surface area contributed by atoms with Gasteiger partial charge in [-0.15, -0.1) is 0 Å². The van der Waals surface area contributed by atoms with Crippen molar-refractivity contribution in [3.05, 3.63) is 0 Å². The highest BCUT2D eigenvalue weighted by Gasteiger charge is 2.27. The molecule has 0 aromatic rings. The smallest absolute Gasteiger partial charge is 0.370 e. The monoisotopic (exact) mass is 312 g/mol. The molecule has 4 atom stereocenters. The van der Waals surface area contributed by atoms with Crippen LogP contribution in [0.4, 0.5) is 0 Å². The lowest BCUT2D eigenvalue weighted by Crippen LogP contribution is -2.09. The first kappa shape index (κ1) is 18.6. The molecule has 0 rings (SSSR count). The SMILES string of the molecule is CCOC(=O)CCC(C)CC[P+](=O)C(C)OS(=O)[O-]. The van der Waals surface area contributed by atoms with Gasteiger partial charge in [0.05, 0.1) is 18.0 Å². The molecule has 19 heavy (non-hydrogen) atoms. The summed E-state index contributed by atoms with van der Waals surface area (Å²) in [5.41, 5.74) is 0. The molecule has 0 bridgehead atoms. The van der Waals surface area contributed by atoms with E-state index in [1.807, 2.05) is 6.92 Å². The maximum atomic E-state index is 11.7. The Kier molecular flexibility index (Phi) is 10.2. The molecule has 112 valence electrons. The second-order valence-corrected chi connectivity index (χ2v) is 6.89. The Labute approximate surface area is 117 Å². The highest BCUT2D eigenvalue weighted by Crippen LogP contribution is 2.31. The molecule has 0 aromatic heterocycles. The minimum Gasteiger partial charge on any atom is -0.750 e. The van der Waals surface area contributed by atoms with Gasteiger partial charge in [-0.25, -0.2) is 8.39 Å². The Morgan fingerprint density at radius 3 is 2.53 bits per heavy atom. The van der Waals surface area contributed by atoms with Crippen molar-refractivity contribution in [2.75, 3.05) is 12.8 Å². The molecule has 0 saturated carbocycles. The average molecular weight is 312 g/mol. The van der Waals surface area contributed by atoms with E-state index in [4.69, 9.17) is 4.74 Å². The zero-order chi connectivity index (χ0) is 14.8. The first-order chi connectivity index (χ1) is 8.86. The third-order valence-electron chi connectivity index (χ3n) is 2.61. The van der Waals surface area contributed by atoms with Crippen LogP contribution in [0.25, 0.3) is 0 Å². The minimum absolute atomic E-state index is 0.225. The molecule has 0 saturated heterocycles. The Morgan fingerprint density at radius 1 is 1.37 bits per heavy atom. The summed E-state index contributed by atoms with van der Waals surface area (Å²) in [5, 5.41) is 0. The third kappa shape index (κ3) is 10.1. The summed E-state index contributed by atoms with van der Waals surface area (Å²) in [7, 11) is -1.72. The molecule has 0 fully saturated rings. The van der Waals surface area contributed by atoms with Crippen LogP contribution in [-0.4, -0.2) is 33.3 Å². The summed E-state index contributed by atoms with van der Waals surface area (Å²) >= 11 is -2.64. The van der Waals surface area contributed by atoms with Crippen molar-refractivity contribution in [2.24, 2.45) is 5.92 Å². The Balaban J connectivity index is 3.83. The zero-order valence-corrected chi connectivity index (χ0v) is 13.2. The van der Waals surface area contributed by atoms with E-state index in [0.29, 0.717) is 32.0 Å². The third-order valence-corrected chi connectivity index (χ3v) is 4.82. The van der Waals surface area contributed by atoms with E-state index in [-0.39, 0.29) is 11.9 Å². The van der Waals surface area contributed by atoms with Crippen LogP contribution in [-0.2, 0) is 29.6 Å². The highest BCUT2D eigenvalue weighted by atomic mass is 32.2. The van der Waals surface area contributed by atoms with Crippen molar-refractivity contribution >= 4 is 25.1 Å². The molecule has 0 aromatic carbocycles. The molecular formula is C11H21O6PS. The summed E-state index contributed by atoms with van der Waals surface area (Å²) < 4.78 is 41.5. The molecule has 0 amide bonds. The predicted molar refractivity (Wildman–Crippen MR) is 71.6 cm³/mol. The second-order valence-electron chi connectivity index (χ2n) is 4.28. The van der Waals surface area contributed by atoms with E-state index in [1.165, 1.54) is 6.92 Å². The number of rotatable bonds is 10. The van der Waals surface area contributed by atoms with Gasteiger partial charge < -0.3 is 9.29 Å². The summed E-state index contributed by atoms with van der Waals surface area (Å²) in [6.07, 6.45) is 2.07. The first-order valence-electron chi connectivity index (χ1n) is 6.22. The van der Waals surface area contributed by atoms with Gasteiger partial charge in [-0.05, 0) is 25.7 Å². The van der Waals surface area contributed by atoms with E-state index in [2.05, 4.69) is 4.18 Å². The molecule has 0 radical (unpaired) electrons. The first-order valence-corrected chi connectivity index (χ1v) is 8.74. The van der Waals surface area contributed by atoms with Gasteiger partial charge >= 0.3 is 13.8 Å². The lowest BCUT2D eigenvalue weighted by molar-refractivity contribution is -0.143. The number of hydrogen-bond donors (Lipinski definition) is 0. The maximum Gasteiger partial charge on any atom is 0.370 e. The van der Waals surface area contributed by atoms with E-state index >= 15 is 0 Å². The van der Waals surface area contributed by atoms with Crippen molar-refractivity contribution in [1.29, 1.82) is 0 Å². The molecular weight excluding hydrogens is 291 g/mol. The number of carbonyl (C=O) groups excluding carboxylic acids is 1. The second kappa shape index (κ2) is 10.4. The highest BCUT2D eigenvalue weighted by molar-refractivity contribution is 7.74. The van der Waals surface area contributed by atoms with Gasteiger partial charge in [0.25, 0.3) is 5.85 Å². The van der Waals surface area contributed by atoms with E-state index in [9.17, 15) is 18.1 Å². The van der Waals surface area contributed by atoms with Crippen LogP contribution in [0, 0.1) is 5.92 Å². The van der Waals surface area contributed by atoms with Gasteiger partial charge in [0.15, 0.2) is 0 Å². The van der Waals surface area contributed by atoms with Gasteiger partial charge in [0.1, 0.15) is 6.16 Å². The van der Waals surface area contributed by atoms with Gasteiger partial charge in [0, 0.05) is 13.3 Å². The van der Waals surface area contributed by atoms with Crippen LogP contribution >= 0.6 is 7.80 Å². The van der Waals surface area contributed by atoms with E-state index in [0.717, 1.165) is 0 Å². The summed E-state index contributed by atoms with van der Waals surface area (Å²) in [4.78, 5) is 11.1. The van der Waals surface area contributed by atoms with Gasteiger partial charge in [-0.3, -0.25) is 4.79 Å². The van der Waals surface area contributed by atoms with Crippen LogP contribution in [0.15, 0.2) is 0 Å². The van der Waals surface area contributed by atoms with Crippen LogP contribution in [0.3, 0.4) is 0 Å². The van der Waals surface area contributed by atoms with Crippen molar-refractivity contribution in [3.8, 4) is 0 Å². The average Bonchev–Trinajstić information content (AvgIpc) is 2.32. The number of esters is 1. The standard InChI is InChI=1S/C11H21O6PS/c1-4-16-11(12)6-5-9(2)7-8-18(13)10(3)17-19(14)15/h9-10H,4-8H2,1-3H3. The van der Waals surface area contributed by atoms with Crippen molar-refractivity contribution in [2.45, 2.75) is 45.9 Å². The summed E-state index contributed by atoms with van der Waals surface area (Å²) in [6.45, 7) is 5.56. The fourth-order valence-electron chi connectivity index (χ4n) is 1.43. The zero-order valence-electron chi connectivity index (χ0n) is 11.5. The minimum atomic E-state index is -2.64. The molecule has 0 aliphatic heterocycles. The van der Waals surface area contributed by atoms with Crippen LogP contribution in [0.5, 0.6) is 0 Å². The maximum absolute atomic E-state index is 11.7. The molecule has 0 N–H and O–H groups in total. The summed E-state index contributed by atoms with van der Waals surface area (Å²) in [6, 6.07) is 0. The van der Waals surface area contributed by atoms with Crippen molar-refractivity contribution < 1.29 is 27.0 Å². The molecule has 4 unspecified atom stereocenters. The lowest BCUT2D eigenvalue weighted by atomic mass is 10.0. The number of hydrogen-bond acceptors (Lipinski definition) is 6. The normalized spacial score (nSPS) is 16.5. The number of ether oxygens (including phenoxy) is 1. The fourth-order valence-corrected chi connectivity index (χ4v) is 3.31. The Morgan fingerprint density at radius 2 is 2.00 bits per heavy atom. The lowest BCUT2D eigenvalue weighted by Gasteiger charge is -2.09. The van der Waals surface area contributed by atoms with Crippen LogP contribution in [0.1, 0.15) is 40.0 Å². The molecule has 0 aliphatic rings. The number of carbonyl (C=O) groups is 1. The molecule has 0 aliphatic carbocycles. The quantitative estimate of drug-likeness (QED) is 0.349. The molecule has 6 nitrogen and oxygen atoms in total. The van der Waals surface area contributed by atoms with E-state index in [1.54, 1.807) is 6.92 Å². The van der Waals surface area contributed by atoms with Crippen molar-refractivity contribution in [3.63, 3.8) is 0 Å². The van der Waals surface area contributed by atoms with E-state index < -0.39 is 25.0 Å². The van der Waals surface area contributed by atoms with Crippen LogP contribution in [0.2, 0.25) is 0 Å². The molecule has 0 heterocycles. The molecule has 8 heteroatoms. The Hall–Kier alpha value is -0.360. The Bertz CT molecular complexity index is 322. The van der Waals surface area contributed by atoms with Crippen molar-refractivity contribution in [1.82, 2.24) is 0 Å². The fraction of sp³-hybridized carbons (Fsp3) is 0.909. The van der Waals surface area contributed by atoms with Gasteiger partial charge in [0.2, 0.25) is 0 Å². The predicted octanol–water partition coefficient (Wildman–Crippen LogP) is 2.34. The summed E-state index contributed by atoms with van der Waals surface area (Å²) in [5.74, 6) is -0.795. The largest absolute Gasteiger partial charge is 0.750 e. The van der Waals surface area contributed by atoms with Gasteiger partial charge in [-0.1, -0.05) is 11.5 Å². The van der Waals surface area contributed by atoms with Crippen LogP contribution < -0.4 is 0 Å². The topological polar surface area (TPSA) is 92.7 Å². The van der Waals surface area contributed by atoms with Gasteiger partial charge in [-0.2, -0.15) is 0 Å². The molecule has 0 spiro atoms.